The Hall–Kier alpha value is -1.26. The Labute approximate surface area is 172 Å². The summed E-state index contributed by atoms with van der Waals surface area (Å²) in [5, 5.41) is 3.90. The largest absolute Gasteiger partial charge is 0.379 e. The molecule has 0 aliphatic carbocycles. The van der Waals surface area contributed by atoms with E-state index in [-0.39, 0.29) is 11.8 Å². The van der Waals surface area contributed by atoms with Gasteiger partial charge in [0.25, 0.3) is 5.91 Å². The predicted molar refractivity (Wildman–Crippen MR) is 113 cm³/mol. The minimum atomic E-state index is -0.0107. The van der Waals surface area contributed by atoms with Crippen molar-refractivity contribution >= 4 is 57.5 Å². The minimum Gasteiger partial charge on any atom is -0.379 e. The molecule has 2 amide bonds. The molecule has 0 spiro atoms. The Morgan fingerprint density at radius 2 is 2.11 bits per heavy atom. The molecule has 2 aliphatic rings. The average Bonchev–Trinajstić information content (AvgIpc) is 3.26. The van der Waals surface area contributed by atoms with Crippen molar-refractivity contribution in [1.29, 1.82) is 0 Å². The average molecular weight is 426 g/mol. The summed E-state index contributed by atoms with van der Waals surface area (Å²) in [5.41, 5.74) is 2.91. The van der Waals surface area contributed by atoms with Crippen LogP contribution in [-0.4, -0.2) is 58.9 Å². The molecule has 1 aromatic heterocycles. The van der Waals surface area contributed by atoms with E-state index in [2.05, 4.69) is 5.43 Å². The number of nitrogens with zero attached hydrogens (tertiary/aromatic N) is 2. The summed E-state index contributed by atoms with van der Waals surface area (Å²) < 4.78 is 5.87. The molecule has 1 aromatic rings. The molecular weight excluding hydrogens is 402 g/mol. The fourth-order valence-electron chi connectivity index (χ4n) is 2.84. The maximum Gasteiger partial charge on any atom is 0.266 e. The lowest BCUT2D eigenvalue weighted by atomic mass is 10.2. The van der Waals surface area contributed by atoms with Gasteiger partial charge in [-0.15, -0.1) is 11.3 Å². The zero-order valence-corrected chi connectivity index (χ0v) is 17.5. The molecule has 3 heterocycles. The van der Waals surface area contributed by atoms with E-state index in [0.29, 0.717) is 35.4 Å². The first-order chi connectivity index (χ1) is 13.1. The number of hydrazine groups is 1. The van der Waals surface area contributed by atoms with E-state index in [0.717, 1.165) is 37.2 Å². The van der Waals surface area contributed by atoms with E-state index in [1.807, 2.05) is 28.6 Å². The smallest absolute Gasteiger partial charge is 0.266 e. The summed E-state index contributed by atoms with van der Waals surface area (Å²) in [6.45, 7) is 3.39. The Morgan fingerprint density at radius 1 is 1.30 bits per heavy atom. The van der Waals surface area contributed by atoms with Crippen LogP contribution in [0.3, 0.4) is 0 Å². The van der Waals surface area contributed by atoms with Crippen LogP contribution in [0.2, 0.25) is 0 Å². The normalized spacial score (nSPS) is 19.9. The number of thiophene rings is 1. The first-order valence-electron chi connectivity index (χ1n) is 9.04. The van der Waals surface area contributed by atoms with E-state index >= 15 is 0 Å². The van der Waals surface area contributed by atoms with Gasteiger partial charge in [0.2, 0.25) is 5.91 Å². The second-order valence-electron chi connectivity index (χ2n) is 6.29. The van der Waals surface area contributed by atoms with Gasteiger partial charge < -0.3 is 4.74 Å². The summed E-state index contributed by atoms with van der Waals surface area (Å²) in [7, 11) is 0. The van der Waals surface area contributed by atoms with E-state index in [1.165, 1.54) is 11.8 Å². The number of nitrogens with one attached hydrogen (secondary N) is 1. The molecule has 0 unspecified atom stereocenters. The highest BCUT2D eigenvalue weighted by atomic mass is 32.2. The maximum atomic E-state index is 12.5. The Kier molecular flexibility index (Phi) is 7.83. The highest BCUT2D eigenvalue weighted by Gasteiger charge is 2.31. The van der Waals surface area contributed by atoms with Gasteiger partial charge in [0, 0.05) is 30.9 Å². The summed E-state index contributed by atoms with van der Waals surface area (Å²) in [5.74, 6) is 0.0323. The lowest BCUT2D eigenvalue weighted by Crippen LogP contribution is -2.48. The van der Waals surface area contributed by atoms with Crippen LogP contribution in [0.5, 0.6) is 0 Å². The van der Waals surface area contributed by atoms with Crippen LogP contribution in [0.25, 0.3) is 6.08 Å². The van der Waals surface area contributed by atoms with Crippen molar-refractivity contribution < 1.29 is 14.3 Å². The summed E-state index contributed by atoms with van der Waals surface area (Å²) in [6, 6.07) is 3.95. The third kappa shape index (κ3) is 6.11. The Bertz CT molecular complexity index is 700. The van der Waals surface area contributed by atoms with Crippen molar-refractivity contribution in [1.82, 2.24) is 15.3 Å². The molecule has 0 aromatic carbocycles. The van der Waals surface area contributed by atoms with Crippen molar-refractivity contribution in [2.24, 2.45) is 0 Å². The van der Waals surface area contributed by atoms with Crippen molar-refractivity contribution in [3.8, 4) is 0 Å². The minimum absolute atomic E-state index is 0.0107. The molecular formula is C18H23N3O3S3. The van der Waals surface area contributed by atoms with Crippen LogP contribution in [-0.2, 0) is 14.3 Å². The molecule has 1 N–H and O–H groups in total. The van der Waals surface area contributed by atoms with Gasteiger partial charge in [0.1, 0.15) is 4.32 Å². The van der Waals surface area contributed by atoms with Crippen molar-refractivity contribution in [2.75, 3.05) is 32.8 Å². The summed E-state index contributed by atoms with van der Waals surface area (Å²) in [4.78, 5) is 27.9. The highest BCUT2D eigenvalue weighted by Crippen LogP contribution is 2.33. The third-order valence-corrected chi connectivity index (χ3v) is 6.47. The highest BCUT2D eigenvalue weighted by molar-refractivity contribution is 8.26. The molecule has 2 saturated heterocycles. The van der Waals surface area contributed by atoms with Gasteiger partial charge >= 0.3 is 0 Å². The summed E-state index contributed by atoms with van der Waals surface area (Å²) in [6.07, 6.45) is 4.92. The molecule has 3 rings (SSSR count). The van der Waals surface area contributed by atoms with Crippen LogP contribution in [0.15, 0.2) is 22.4 Å². The van der Waals surface area contributed by atoms with Crippen LogP contribution in [0, 0.1) is 0 Å². The number of morpholine rings is 1. The van der Waals surface area contributed by atoms with Gasteiger partial charge in [0.15, 0.2) is 0 Å². The number of carbonyl (C=O) groups is 2. The first kappa shape index (κ1) is 20.5. The van der Waals surface area contributed by atoms with Crippen LogP contribution < -0.4 is 5.43 Å². The van der Waals surface area contributed by atoms with Crippen LogP contribution in [0.4, 0.5) is 0 Å². The number of hydrogen-bond donors (Lipinski definition) is 1. The molecule has 0 atom stereocenters. The lowest BCUT2D eigenvalue weighted by molar-refractivity contribution is -0.128. The molecule has 0 bridgehead atoms. The van der Waals surface area contributed by atoms with E-state index < -0.39 is 0 Å². The second-order valence-corrected chi connectivity index (χ2v) is 8.95. The first-order valence-corrected chi connectivity index (χ1v) is 11.1. The third-order valence-electron chi connectivity index (χ3n) is 4.27. The van der Waals surface area contributed by atoms with Crippen molar-refractivity contribution in [3.05, 3.63) is 27.3 Å². The SMILES string of the molecule is O=C(CCCCCN1C(=O)C(=Cc2cccs2)SC1=S)NN1CCOCC1. The fraction of sp³-hybridized carbons (Fsp3) is 0.500. The predicted octanol–water partition coefficient (Wildman–Crippen LogP) is 2.87. The van der Waals surface area contributed by atoms with Crippen molar-refractivity contribution in [2.45, 2.75) is 25.7 Å². The number of unbranched alkanes of at least 4 members (excludes halogenated alkanes) is 2. The van der Waals surface area contributed by atoms with E-state index in [1.54, 1.807) is 16.2 Å². The van der Waals surface area contributed by atoms with Gasteiger partial charge in [-0.2, -0.15) is 0 Å². The zero-order valence-electron chi connectivity index (χ0n) is 15.0. The number of thiocarbonyl (C=S) groups is 1. The van der Waals surface area contributed by atoms with Crippen molar-refractivity contribution in [3.63, 3.8) is 0 Å². The quantitative estimate of drug-likeness (QED) is 0.393. The molecule has 146 valence electrons. The molecule has 0 saturated carbocycles. The monoisotopic (exact) mass is 425 g/mol. The van der Waals surface area contributed by atoms with Gasteiger partial charge in [-0.05, 0) is 30.4 Å². The molecule has 0 radical (unpaired) electrons. The lowest BCUT2D eigenvalue weighted by Gasteiger charge is -2.26. The number of hydrogen-bond acceptors (Lipinski definition) is 7. The number of amides is 2. The molecule has 9 heteroatoms. The van der Waals surface area contributed by atoms with Crippen LogP contribution in [0.1, 0.15) is 30.6 Å². The van der Waals surface area contributed by atoms with Gasteiger partial charge in [-0.25, -0.2) is 5.01 Å². The van der Waals surface area contributed by atoms with Crippen LogP contribution >= 0.6 is 35.3 Å². The Morgan fingerprint density at radius 3 is 2.85 bits per heavy atom. The van der Waals surface area contributed by atoms with Gasteiger partial charge in [-0.3, -0.25) is 19.9 Å². The molecule has 2 aliphatic heterocycles. The van der Waals surface area contributed by atoms with Gasteiger partial charge in [-0.1, -0.05) is 36.5 Å². The van der Waals surface area contributed by atoms with Gasteiger partial charge in [0.05, 0.1) is 18.1 Å². The second kappa shape index (κ2) is 10.3. The Balaban J connectivity index is 1.34. The number of thioether (sulfide) groups is 1. The number of ether oxygens (including phenoxy) is 1. The zero-order chi connectivity index (χ0) is 19.1. The summed E-state index contributed by atoms with van der Waals surface area (Å²) >= 11 is 8.32. The fourth-order valence-corrected chi connectivity index (χ4v) is 4.87. The molecule has 6 nitrogen and oxygen atoms in total. The standard InChI is InChI=1S/C18H23N3O3S3/c22-16(19-20-8-10-24-11-9-20)6-2-1-3-7-21-17(23)15(27-18(21)25)13-14-5-4-12-26-14/h4-5,12-13H,1-3,6-11H2,(H,19,22). The topological polar surface area (TPSA) is 61.9 Å². The maximum absolute atomic E-state index is 12.5. The number of rotatable bonds is 8. The van der Waals surface area contributed by atoms with E-state index in [4.69, 9.17) is 17.0 Å². The van der Waals surface area contributed by atoms with E-state index in [9.17, 15) is 9.59 Å². The molecule has 27 heavy (non-hydrogen) atoms. The molecule has 2 fully saturated rings. The number of carbonyl (C=O) groups excluding carboxylic acids is 2.